The topological polar surface area (TPSA) is 41.1 Å². The lowest BCUT2D eigenvalue weighted by Gasteiger charge is -2.18. The van der Waals surface area contributed by atoms with Crippen LogP contribution in [0.15, 0.2) is 18.2 Å². The summed E-state index contributed by atoms with van der Waals surface area (Å²) in [5, 5.41) is 5.42. The smallest absolute Gasteiger partial charge is 0.237 e. The molecule has 0 fully saturated rings. The molecule has 1 aromatic carbocycles. The van der Waals surface area contributed by atoms with Crippen LogP contribution < -0.4 is 10.6 Å². The lowest BCUT2D eigenvalue weighted by atomic mass is 10.1. The zero-order chi connectivity index (χ0) is 13.0. The Morgan fingerprint density at radius 3 is 2.47 bits per heavy atom. The van der Waals surface area contributed by atoms with E-state index in [4.69, 9.17) is 0 Å². The standard InChI is InChI=1S/C12H16F2N2O/c1-7(16-12(17)8(2)15-3)10-5-4-9(13)6-11(10)14/h4-8,15H,1-3H3,(H,16,17)/t7-,8+/m1/s1. The molecule has 5 heteroatoms. The maximum atomic E-state index is 13.4. The summed E-state index contributed by atoms with van der Waals surface area (Å²) in [6.07, 6.45) is 0. The highest BCUT2D eigenvalue weighted by molar-refractivity contribution is 5.81. The van der Waals surface area contributed by atoms with E-state index in [1.165, 1.54) is 12.1 Å². The molecule has 2 N–H and O–H groups in total. The number of nitrogens with one attached hydrogen (secondary N) is 2. The van der Waals surface area contributed by atoms with Gasteiger partial charge in [0.25, 0.3) is 0 Å². The van der Waals surface area contributed by atoms with Crippen LogP contribution in [0.3, 0.4) is 0 Å². The van der Waals surface area contributed by atoms with E-state index in [2.05, 4.69) is 10.6 Å². The molecule has 0 aliphatic heterocycles. The third-order valence-electron chi connectivity index (χ3n) is 2.61. The van der Waals surface area contributed by atoms with E-state index in [9.17, 15) is 13.6 Å². The largest absolute Gasteiger partial charge is 0.348 e. The van der Waals surface area contributed by atoms with Crippen molar-refractivity contribution < 1.29 is 13.6 Å². The molecular weight excluding hydrogens is 226 g/mol. The van der Waals surface area contributed by atoms with E-state index in [1.54, 1.807) is 20.9 Å². The lowest BCUT2D eigenvalue weighted by Crippen LogP contribution is -2.41. The normalized spacial score (nSPS) is 14.2. The van der Waals surface area contributed by atoms with Crippen LogP contribution in [-0.2, 0) is 4.79 Å². The molecule has 0 aliphatic rings. The lowest BCUT2D eigenvalue weighted by molar-refractivity contribution is -0.123. The molecule has 0 bridgehead atoms. The molecule has 0 aromatic heterocycles. The van der Waals surface area contributed by atoms with Gasteiger partial charge in [-0.1, -0.05) is 6.07 Å². The summed E-state index contributed by atoms with van der Waals surface area (Å²) in [7, 11) is 1.66. The van der Waals surface area contributed by atoms with E-state index in [1.807, 2.05) is 0 Å². The van der Waals surface area contributed by atoms with Crippen LogP contribution in [0.2, 0.25) is 0 Å². The molecule has 0 aliphatic carbocycles. The molecule has 3 nitrogen and oxygen atoms in total. The summed E-state index contributed by atoms with van der Waals surface area (Å²) in [5.74, 6) is -1.52. The summed E-state index contributed by atoms with van der Waals surface area (Å²) < 4.78 is 26.1. The molecule has 0 saturated carbocycles. The molecular formula is C12H16F2N2O. The Bertz CT molecular complexity index is 409. The van der Waals surface area contributed by atoms with E-state index < -0.39 is 17.7 Å². The van der Waals surface area contributed by atoms with Crippen molar-refractivity contribution in [2.75, 3.05) is 7.05 Å². The third kappa shape index (κ3) is 3.49. The summed E-state index contributed by atoms with van der Waals surface area (Å²) in [4.78, 5) is 11.6. The van der Waals surface area contributed by atoms with Crippen molar-refractivity contribution >= 4 is 5.91 Å². The number of carbonyl (C=O) groups is 1. The molecule has 0 spiro atoms. The van der Waals surface area contributed by atoms with Gasteiger partial charge in [-0.25, -0.2) is 8.78 Å². The van der Waals surface area contributed by atoms with Gasteiger partial charge in [0.05, 0.1) is 12.1 Å². The number of benzene rings is 1. The molecule has 17 heavy (non-hydrogen) atoms. The average Bonchev–Trinajstić information content (AvgIpc) is 2.27. The molecule has 2 atom stereocenters. The fraction of sp³-hybridized carbons (Fsp3) is 0.417. The predicted octanol–water partition coefficient (Wildman–Crippen LogP) is 1.75. The second-order valence-electron chi connectivity index (χ2n) is 3.91. The number of carbonyl (C=O) groups excluding carboxylic acids is 1. The van der Waals surface area contributed by atoms with Crippen LogP contribution >= 0.6 is 0 Å². The van der Waals surface area contributed by atoms with E-state index >= 15 is 0 Å². The quantitative estimate of drug-likeness (QED) is 0.844. The Labute approximate surface area is 99.2 Å². The van der Waals surface area contributed by atoms with E-state index in [0.29, 0.717) is 0 Å². The Hall–Kier alpha value is -1.49. The van der Waals surface area contributed by atoms with Crippen molar-refractivity contribution in [1.82, 2.24) is 10.6 Å². The first-order valence-electron chi connectivity index (χ1n) is 5.38. The van der Waals surface area contributed by atoms with Gasteiger partial charge in [0, 0.05) is 11.6 Å². The first kappa shape index (κ1) is 13.6. The van der Waals surface area contributed by atoms with Crippen LogP contribution in [-0.4, -0.2) is 19.0 Å². The number of hydrogen-bond donors (Lipinski definition) is 2. The highest BCUT2D eigenvalue weighted by Crippen LogP contribution is 2.17. The molecule has 1 aromatic rings. The Kier molecular flexibility index (Phi) is 4.57. The third-order valence-corrected chi connectivity index (χ3v) is 2.61. The van der Waals surface area contributed by atoms with E-state index in [0.717, 1.165) is 6.07 Å². The van der Waals surface area contributed by atoms with Crippen molar-refractivity contribution in [3.8, 4) is 0 Å². The van der Waals surface area contributed by atoms with Crippen molar-refractivity contribution in [2.24, 2.45) is 0 Å². The molecule has 1 rings (SSSR count). The zero-order valence-corrected chi connectivity index (χ0v) is 10.1. The minimum absolute atomic E-state index is 0.233. The zero-order valence-electron chi connectivity index (χ0n) is 10.1. The summed E-state index contributed by atoms with van der Waals surface area (Å²) >= 11 is 0. The number of hydrogen-bond acceptors (Lipinski definition) is 2. The van der Waals surface area contributed by atoms with Gasteiger partial charge in [-0.15, -0.1) is 0 Å². The van der Waals surface area contributed by atoms with Crippen molar-refractivity contribution in [1.29, 1.82) is 0 Å². The molecule has 0 heterocycles. The molecule has 0 unspecified atom stereocenters. The number of amides is 1. The van der Waals surface area contributed by atoms with Crippen molar-refractivity contribution in [2.45, 2.75) is 25.9 Å². The van der Waals surface area contributed by atoms with E-state index in [-0.39, 0.29) is 17.5 Å². The van der Waals surface area contributed by atoms with Crippen LogP contribution in [0.25, 0.3) is 0 Å². The molecule has 0 radical (unpaired) electrons. The van der Waals surface area contributed by atoms with Gasteiger partial charge in [0.2, 0.25) is 5.91 Å². The van der Waals surface area contributed by atoms with Gasteiger partial charge in [0.1, 0.15) is 11.6 Å². The Morgan fingerprint density at radius 2 is 1.94 bits per heavy atom. The summed E-state index contributed by atoms with van der Waals surface area (Å²) in [6, 6.07) is 2.45. The number of rotatable bonds is 4. The Balaban J connectivity index is 2.76. The highest BCUT2D eigenvalue weighted by Gasteiger charge is 2.17. The van der Waals surface area contributed by atoms with Gasteiger partial charge in [0.15, 0.2) is 0 Å². The Morgan fingerprint density at radius 1 is 1.29 bits per heavy atom. The predicted molar refractivity (Wildman–Crippen MR) is 61.4 cm³/mol. The van der Waals surface area contributed by atoms with Gasteiger partial charge in [-0.05, 0) is 27.0 Å². The minimum Gasteiger partial charge on any atom is -0.348 e. The van der Waals surface area contributed by atoms with Crippen LogP contribution in [0, 0.1) is 11.6 Å². The first-order chi connectivity index (χ1) is 7.95. The van der Waals surface area contributed by atoms with Crippen molar-refractivity contribution in [3.05, 3.63) is 35.4 Å². The maximum absolute atomic E-state index is 13.4. The van der Waals surface area contributed by atoms with Crippen LogP contribution in [0.4, 0.5) is 8.78 Å². The summed E-state index contributed by atoms with van der Waals surface area (Å²) in [5.41, 5.74) is 0.267. The van der Waals surface area contributed by atoms with Crippen LogP contribution in [0.5, 0.6) is 0 Å². The summed E-state index contributed by atoms with van der Waals surface area (Å²) in [6.45, 7) is 3.35. The second-order valence-corrected chi connectivity index (χ2v) is 3.91. The minimum atomic E-state index is -0.657. The first-order valence-corrected chi connectivity index (χ1v) is 5.38. The highest BCUT2D eigenvalue weighted by atomic mass is 19.1. The number of likely N-dealkylation sites (N-methyl/N-ethyl adjacent to an activating group) is 1. The van der Waals surface area contributed by atoms with Crippen LogP contribution in [0.1, 0.15) is 25.5 Å². The van der Waals surface area contributed by atoms with Crippen molar-refractivity contribution in [3.63, 3.8) is 0 Å². The molecule has 1 amide bonds. The van der Waals surface area contributed by atoms with Gasteiger partial charge < -0.3 is 10.6 Å². The molecule has 0 saturated heterocycles. The fourth-order valence-electron chi connectivity index (χ4n) is 1.40. The van der Waals surface area contributed by atoms with Gasteiger partial charge >= 0.3 is 0 Å². The SMILES string of the molecule is CN[C@@H](C)C(=O)N[C@H](C)c1ccc(F)cc1F. The van der Waals surface area contributed by atoms with Gasteiger partial charge in [-0.2, -0.15) is 0 Å². The maximum Gasteiger partial charge on any atom is 0.237 e. The fourth-order valence-corrected chi connectivity index (χ4v) is 1.40. The van der Waals surface area contributed by atoms with Gasteiger partial charge in [-0.3, -0.25) is 4.79 Å². The molecule has 94 valence electrons. The number of halogens is 2. The monoisotopic (exact) mass is 242 g/mol. The second kappa shape index (κ2) is 5.72. The average molecular weight is 242 g/mol.